The number of hydrogen-bond donors (Lipinski definition) is 1. The van der Waals surface area contributed by atoms with E-state index >= 15 is 0 Å². The van der Waals surface area contributed by atoms with Crippen LogP contribution in [0.1, 0.15) is 16.7 Å². The van der Waals surface area contributed by atoms with E-state index in [2.05, 4.69) is 55.3 Å². The lowest BCUT2D eigenvalue weighted by molar-refractivity contribution is 0.251. The molecule has 0 spiro atoms. The van der Waals surface area contributed by atoms with E-state index in [1.54, 1.807) is 23.0 Å². The zero-order valence-corrected chi connectivity index (χ0v) is 18.3. The third-order valence-electron chi connectivity index (χ3n) is 5.49. The Morgan fingerprint density at radius 2 is 1.80 bits per heavy atom. The molecule has 0 aliphatic carbocycles. The first-order valence-electron chi connectivity index (χ1n) is 9.72. The van der Waals surface area contributed by atoms with E-state index in [-0.39, 0.29) is 6.03 Å². The summed E-state index contributed by atoms with van der Waals surface area (Å²) < 4.78 is 0.872. The number of rotatable bonds is 3. The number of fused-ring (bicyclic) bond motifs is 2. The molecule has 152 valence electrons. The molecule has 3 heterocycles. The fourth-order valence-corrected chi connectivity index (χ4v) is 4.50. The van der Waals surface area contributed by atoms with Crippen LogP contribution >= 0.6 is 15.9 Å². The molecule has 30 heavy (non-hydrogen) atoms. The number of amides is 2. The van der Waals surface area contributed by atoms with Crippen LogP contribution in [-0.4, -0.2) is 35.0 Å². The molecule has 0 bridgehead atoms. The largest absolute Gasteiger partial charge is 0.330 e. The lowest BCUT2D eigenvalue weighted by Gasteiger charge is -2.34. The number of aromatic nitrogens is 2. The molecule has 0 unspecified atom stereocenters. The van der Waals surface area contributed by atoms with Crippen molar-refractivity contribution >= 4 is 45.1 Å². The first-order chi connectivity index (χ1) is 14.5. The van der Waals surface area contributed by atoms with Gasteiger partial charge in [-0.25, -0.2) is 9.78 Å². The van der Waals surface area contributed by atoms with Crippen molar-refractivity contribution in [3.8, 4) is 0 Å². The second-order valence-corrected chi connectivity index (χ2v) is 8.56. The maximum Gasteiger partial charge on any atom is 0.330 e. The molecule has 0 saturated heterocycles. The van der Waals surface area contributed by atoms with Crippen molar-refractivity contribution in [1.29, 1.82) is 0 Å². The van der Waals surface area contributed by atoms with E-state index in [1.165, 1.54) is 11.1 Å². The number of carbonyl (C=O) groups excluding carboxylic acids is 1. The minimum Gasteiger partial charge on any atom is -0.324 e. The molecule has 2 aliphatic heterocycles. The fraction of sp³-hybridized carbons (Fsp3) is 0.227. The van der Waals surface area contributed by atoms with E-state index in [9.17, 15) is 4.79 Å². The van der Waals surface area contributed by atoms with Gasteiger partial charge in [0, 0.05) is 42.1 Å². The Morgan fingerprint density at radius 3 is 2.63 bits per heavy atom. The average Bonchev–Trinajstić information content (AvgIpc) is 3.11. The highest BCUT2D eigenvalue weighted by Crippen LogP contribution is 2.34. The second-order valence-electron chi connectivity index (χ2n) is 7.70. The number of benzene rings is 2. The Kier molecular flexibility index (Phi) is 4.67. The number of hydrogen-bond acceptors (Lipinski definition) is 5. The zero-order chi connectivity index (χ0) is 20.8. The third kappa shape index (κ3) is 3.32. The third-order valence-corrected chi connectivity index (χ3v) is 6.16. The van der Waals surface area contributed by atoms with Gasteiger partial charge in [-0.15, -0.1) is 0 Å². The standard InChI is InChI=1S/C22H21BrN6O/c1-27-11-14-7-8-17(9-15(14)12-27)25-21-24-10-16-13-29(19-6-4-3-5-18(19)23)22(30)28(2)20(16)26-21/h3-10H,11-13H2,1-2H3,(H,24,25,26). The predicted molar refractivity (Wildman–Crippen MR) is 121 cm³/mol. The molecule has 3 aromatic rings. The van der Waals surface area contributed by atoms with Gasteiger partial charge in [0.05, 0.1) is 12.2 Å². The molecular formula is C22H21BrN6O. The van der Waals surface area contributed by atoms with Crippen molar-refractivity contribution in [2.75, 3.05) is 29.2 Å². The monoisotopic (exact) mass is 464 g/mol. The molecule has 1 N–H and O–H groups in total. The van der Waals surface area contributed by atoms with Gasteiger partial charge < -0.3 is 5.32 Å². The van der Waals surface area contributed by atoms with Crippen molar-refractivity contribution in [3.63, 3.8) is 0 Å². The summed E-state index contributed by atoms with van der Waals surface area (Å²) >= 11 is 3.54. The Morgan fingerprint density at radius 1 is 1.00 bits per heavy atom. The Bertz CT molecular complexity index is 1150. The lowest BCUT2D eigenvalue weighted by atomic mass is 10.1. The molecule has 0 radical (unpaired) electrons. The van der Waals surface area contributed by atoms with Crippen LogP contribution in [0.2, 0.25) is 0 Å². The highest BCUT2D eigenvalue weighted by Gasteiger charge is 2.31. The molecule has 0 saturated carbocycles. The number of carbonyl (C=O) groups is 1. The lowest BCUT2D eigenvalue weighted by Crippen LogP contribution is -2.46. The molecule has 1 aromatic heterocycles. The topological polar surface area (TPSA) is 64.6 Å². The number of halogens is 1. The molecule has 7 nitrogen and oxygen atoms in total. The van der Waals surface area contributed by atoms with Gasteiger partial charge >= 0.3 is 6.03 Å². The van der Waals surface area contributed by atoms with E-state index in [0.29, 0.717) is 18.3 Å². The first kappa shape index (κ1) is 19.0. The molecule has 2 aromatic carbocycles. The second kappa shape index (κ2) is 7.37. The van der Waals surface area contributed by atoms with Crippen LogP contribution in [0.4, 0.5) is 27.9 Å². The maximum absolute atomic E-state index is 13.0. The number of urea groups is 1. The van der Waals surface area contributed by atoms with Crippen LogP contribution in [0.15, 0.2) is 53.1 Å². The summed E-state index contributed by atoms with van der Waals surface area (Å²) in [5.74, 6) is 1.11. The normalized spacial score (nSPS) is 15.9. The van der Waals surface area contributed by atoms with Crippen molar-refractivity contribution in [2.45, 2.75) is 19.6 Å². The van der Waals surface area contributed by atoms with Crippen molar-refractivity contribution in [3.05, 3.63) is 69.8 Å². The van der Waals surface area contributed by atoms with Gasteiger partial charge in [0.2, 0.25) is 5.95 Å². The molecular weight excluding hydrogens is 444 g/mol. The predicted octanol–water partition coefficient (Wildman–Crippen LogP) is 4.50. The minimum atomic E-state index is -0.125. The van der Waals surface area contributed by atoms with Gasteiger partial charge in [-0.2, -0.15) is 4.98 Å². The molecule has 8 heteroatoms. The highest BCUT2D eigenvalue weighted by molar-refractivity contribution is 9.10. The minimum absolute atomic E-state index is 0.125. The van der Waals surface area contributed by atoms with E-state index in [0.717, 1.165) is 34.5 Å². The molecule has 5 rings (SSSR count). The Balaban J connectivity index is 1.42. The first-order valence-corrected chi connectivity index (χ1v) is 10.5. The smallest absolute Gasteiger partial charge is 0.324 e. The number of nitrogens with one attached hydrogen (secondary N) is 1. The van der Waals surface area contributed by atoms with E-state index in [4.69, 9.17) is 0 Å². The van der Waals surface area contributed by atoms with Gasteiger partial charge in [0.1, 0.15) is 5.82 Å². The highest BCUT2D eigenvalue weighted by atomic mass is 79.9. The van der Waals surface area contributed by atoms with Gasteiger partial charge in [0.15, 0.2) is 0 Å². The summed E-state index contributed by atoms with van der Waals surface area (Å²) in [7, 11) is 3.86. The number of nitrogens with zero attached hydrogens (tertiary/aromatic N) is 5. The molecule has 2 amide bonds. The van der Waals surface area contributed by atoms with Gasteiger partial charge in [-0.1, -0.05) is 18.2 Å². The maximum atomic E-state index is 13.0. The van der Waals surface area contributed by atoms with E-state index < -0.39 is 0 Å². The van der Waals surface area contributed by atoms with Crippen LogP contribution in [0.5, 0.6) is 0 Å². The molecule has 0 atom stereocenters. The fourth-order valence-electron chi connectivity index (χ4n) is 4.00. The van der Waals surface area contributed by atoms with Crippen LogP contribution in [0.3, 0.4) is 0 Å². The summed E-state index contributed by atoms with van der Waals surface area (Å²) in [6, 6.07) is 13.9. The Labute approximate surface area is 183 Å². The van der Waals surface area contributed by atoms with Crippen LogP contribution in [0, 0.1) is 0 Å². The van der Waals surface area contributed by atoms with Gasteiger partial charge in [-0.3, -0.25) is 14.7 Å². The summed E-state index contributed by atoms with van der Waals surface area (Å²) in [5.41, 5.74) is 5.34. The van der Waals surface area contributed by atoms with Crippen LogP contribution in [-0.2, 0) is 19.6 Å². The van der Waals surface area contributed by atoms with Crippen molar-refractivity contribution in [2.24, 2.45) is 0 Å². The molecule has 2 aliphatic rings. The zero-order valence-electron chi connectivity index (χ0n) is 16.8. The van der Waals surface area contributed by atoms with Gasteiger partial charge in [-0.05, 0) is 58.4 Å². The Hall–Kier alpha value is -2.97. The summed E-state index contributed by atoms with van der Waals surface area (Å²) in [4.78, 5) is 27.7. The quantitative estimate of drug-likeness (QED) is 0.617. The number of anilines is 4. The summed E-state index contributed by atoms with van der Waals surface area (Å²) in [6.07, 6.45) is 1.79. The van der Waals surface area contributed by atoms with E-state index in [1.807, 2.05) is 30.3 Å². The SMILES string of the molecule is CN1Cc2ccc(Nc3ncc4c(n3)N(C)C(=O)N(c3ccccc3Br)C4)cc2C1. The van der Waals surface area contributed by atoms with Crippen LogP contribution < -0.4 is 15.1 Å². The summed E-state index contributed by atoms with van der Waals surface area (Å²) in [5, 5.41) is 3.29. The van der Waals surface area contributed by atoms with Gasteiger partial charge in [0.25, 0.3) is 0 Å². The van der Waals surface area contributed by atoms with Crippen LogP contribution in [0.25, 0.3) is 0 Å². The van der Waals surface area contributed by atoms with Crippen molar-refractivity contribution < 1.29 is 4.79 Å². The number of para-hydroxylation sites is 1. The summed E-state index contributed by atoms with van der Waals surface area (Å²) in [6.45, 7) is 2.34. The average molecular weight is 465 g/mol. The molecule has 0 fully saturated rings. The van der Waals surface area contributed by atoms with Crippen molar-refractivity contribution in [1.82, 2.24) is 14.9 Å².